The maximum Gasteiger partial charge on any atom is 0.262 e. The maximum atomic E-state index is 11.7. The first-order valence-corrected chi connectivity index (χ1v) is 7.29. The molecule has 90 valence electrons. The van der Waals surface area contributed by atoms with Gasteiger partial charge in [-0.05, 0) is 39.7 Å². The molecular formula is C12H18BrNOS. The predicted octanol–water partition coefficient (Wildman–Crippen LogP) is 4.07. The van der Waals surface area contributed by atoms with Crippen molar-refractivity contribution in [2.45, 2.75) is 33.1 Å². The first-order chi connectivity index (χ1) is 7.61. The quantitative estimate of drug-likeness (QED) is 0.789. The van der Waals surface area contributed by atoms with Crippen molar-refractivity contribution < 1.29 is 4.79 Å². The highest BCUT2D eigenvalue weighted by Gasteiger charge is 2.10. The van der Waals surface area contributed by atoms with Crippen LogP contribution in [0.25, 0.3) is 0 Å². The monoisotopic (exact) mass is 303 g/mol. The highest BCUT2D eigenvalue weighted by molar-refractivity contribution is 9.10. The van der Waals surface area contributed by atoms with Crippen LogP contribution < -0.4 is 5.32 Å². The molecule has 0 atom stereocenters. The van der Waals surface area contributed by atoms with E-state index < -0.39 is 0 Å². The van der Waals surface area contributed by atoms with E-state index in [-0.39, 0.29) is 5.91 Å². The molecule has 0 bridgehead atoms. The molecule has 0 saturated carbocycles. The summed E-state index contributed by atoms with van der Waals surface area (Å²) in [4.78, 5) is 12.5. The molecule has 0 aliphatic carbocycles. The fourth-order valence-electron chi connectivity index (χ4n) is 1.42. The molecule has 0 saturated heterocycles. The second-order valence-electron chi connectivity index (χ2n) is 4.24. The van der Waals surface area contributed by atoms with Crippen molar-refractivity contribution in [3.8, 4) is 0 Å². The van der Waals surface area contributed by atoms with Gasteiger partial charge in [0.15, 0.2) is 0 Å². The zero-order valence-electron chi connectivity index (χ0n) is 9.75. The van der Waals surface area contributed by atoms with E-state index in [1.165, 1.54) is 24.2 Å². The van der Waals surface area contributed by atoms with Gasteiger partial charge in [-0.3, -0.25) is 4.79 Å². The van der Waals surface area contributed by atoms with E-state index in [2.05, 4.69) is 35.1 Å². The third kappa shape index (κ3) is 4.66. The van der Waals surface area contributed by atoms with Gasteiger partial charge < -0.3 is 5.32 Å². The van der Waals surface area contributed by atoms with Crippen LogP contribution in [0.3, 0.4) is 0 Å². The minimum Gasteiger partial charge on any atom is -0.351 e. The van der Waals surface area contributed by atoms with Crippen LogP contribution in [0.15, 0.2) is 15.9 Å². The number of hydrogen-bond acceptors (Lipinski definition) is 2. The van der Waals surface area contributed by atoms with E-state index in [4.69, 9.17) is 0 Å². The van der Waals surface area contributed by atoms with Crippen LogP contribution >= 0.6 is 27.3 Å². The number of carbonyl (C=O) groups excluding carboxylic acids is 1. The van der Waals surface area contributed by atoms with Gasteiger partial charge in [0.1, 0.15) is 4.88 Å². The first-order valence-electron chi connectivity index (χ1n) is 5.62. The van der Waals surface area contributed by atoms with Gasteiger partial charge in [0.05, 0.1) is 0 Å². The summed E-state index contributed by atoms with van der Waals surface area (Å²) in [5.74, 6) is 0.786. The molecule has 1 aromatic rings. The average molecular weight is 304 g/mol. The molecule has 4 heteroatoms. The highest BCUT2D eigenvalue weighted by atomic mass is 79.9. The van der Waals surface area contributed by atoms with Gasteiger partial charge in [-0.25, -0.2) is 0 Å². The van der Waals surface area contributed by atoms with E-state index in [9.17, 15) is 4.79 Å². The molecule has 1 N–H and O–H groups in total. The van der Waals surface area contributed by atoms with Gasteiger partial charge in [0, 0.05) is 11.0 Å². The normalized spacial score (nSPS) is 10.8. The molecule has 0 aromatic carbocycles. The van der Waals surface area contributed by atoms with Crippen LogP contribution in [0.2, 0.25) is 0 Å². The van der Waals surface area contributed by atoms with Crippen LogP contribution in [-0.2, 0) is 0 Å². The topological polar surface area (TPSA) is 29.1 Å². The summed E-state index contributed by atoms with van der Waals surface area (Å²) in [6, 6.07) is 1.90. The summed E-state index contributed by atoms with van der Waals surface area (Å²) >= 11 is 4.83. The Bertz CT molecular complexity index is 336. The van der Waals surface area contributed by atoms with Crippen molar-refractivity contribution in [2.75, 3.05) is 6.54 Å². The van der Waals surface area contributed by atoms with E-state index >= 15 is 0 Å². The van der Waals surface area contributed by atoms with Crippen LogP contribution in [0.1, 0.15) is 42.8 Å². The zero-order chi connectivity index (χ0) is 12.0. The number of unbranched alkanes of at least 4 members (excludes halogenated alkanes) is 1. The molecule has 2 nitrogen and oxygen atoms in total. The Balaban J connectivity index is 2.19. The lowest BCUT2D eigenvalue weighted by Crippen LogP contribution is -2.23. The number of amides is 1. The molecule has 1 aromatic heterocycles. The van der Waals surface area contributed by atoms with Crippen molar-refractivity contribution in [1.82, 2.24) is 5.32 Å². The van der Waals surface area contributed by atoms with Crippen LogP contribution in [-0.4, -0.2) is 12.5 Å². The van der Waals surface area contributed by atoms with Crippen molar-refractivity contribution in [2.24, 2.45) is 5.92 Å². The molecule has 0 fully saturated rings. The number of thiophene rings is 1. The molecule has 0 unspecified atom stereocenters. The molecule has 1 heterocycles. The average Bonchev–Trinajstić information content (AvgIpc) is 2.63. The van der Waals surface area contributed by atoms with Crippen molar-refractivity contribution in [3.63, 3.8) is 0 Å². The summed E-state index contributed by atoms with van der Waals surface area (Å²) in [5, 5.41) is 4.86. The van der Waals surface area contributed by atoms with Gasteiger partial charge in [-0.15, -0.1) is 11.3 Å². The van der Waals surface area contributed by atoms with Crippen LogP contribution in [0.4, 0.5) is 0 Å². The van der Waals surface area contributed by atoms with E-state index in [0.29, 0.717) is 0 Å². The number of nitrogens with one attached hydrogen (secondary N) is 1. The first kappa shape index (κ1) is 13.7. The standard InChI is InChI=1S/C12H18BrNOS/c1-9(2)5-3-4-7-14-12(15)11-10(13)6-8-16-11/h6,8-9H,3-5,7H2,1-2H3,(H,14,15). The van der Waals surface area contributed by atoms with Crippen LogP contribution in [0, 0.1) is 5.92 Å². The number of halogens is 1. The Morgan fingerprint density at radius 3 is 2.81 bits per heavy atom. The Morgan fingerprint density at radius 1 is 1.50 bits per heavy atom. The minimum absolute atomic E-state index is 0.0337. The summed E-state index contributed by atoms with van der Waals surface area (Å²) in [7, 11) is 0. The summed E-state index contributed by atoms with van der Waals surface area (Å²) in [6.07, 6.45) is 3.48. The second-order valence-corrected chi connectivity index (χ2v) is 6.01. The van der Waals surface area contributed by atoms with Crippen LogP contribution in [0.5, 0.6) is 0 Å². The third-order valence-electron chi connectivity index (χ3n) is 2.32. The zero-order valence-corrected chi connectivity index (χ0v) is 12.2. The van der Waals surface area contributed by atoms with Gasteiger partial charge >= 0.3 is 0 Å². The molecule has 16 heavy (non-hydrogen) atoms. The van der Waals surface area contributed by atoms with Gasteiger partial charge in [0.2, 0.25) is 0 Å². The van der Waals surface area contributed by atoms with Crippen molar-refractivity contribution >= 4 is 33.2 Å². The minimum atomic E-state index is 0.0337. The molecule has 0 aliphatic rings. The number of carbonyl (C=O) groups is 1. The summed E-state index contributed by atoms with van der Waals surface area (Å²) < 4.78 is 0.886. The molecule has 0 spiro atoms. The van der Waals surface area contributed by atoms with E-state index in [1.54, 1.807) is 0 Å². The van der Waals surface area contributed by atoms with E-state index in [0.717, 1.165) is 28.2 Å². The van der Waals surface area contributed by atoms with Crippen molar-refractivity contribution in [1.29, 1.82) is 0 Å². The van der Waals surface area contributed by atoms with Gasteiger partial charge in [-0.2, -0.15) is 0 Å². The SMILES string of the molecule is CC(C)CCCCNC(=O)c1sccc1Br. The Hall–Kier alpha value is -0.350. The molecule has 1 rings (SSSR count). The molecule has 0 aliphatic heterocycles. The fraction of sp³-hybridized carbons (Fsp3) is 0.583. The van der Waals surface area contributed by atoms with E-state index in [1.807, 2.05) is 11.4 Å². The van der Waals surface area contributed by atoms with Crippen molar-refractivity contribution in [3.05, 3.63) is 20.8 Å². The predicted molar refractivity (Wildman–Crippen MR) is 73.0 cm³/mol. The van der Waals surface area contributed by atoms with Gasteiger partial charge in [0.25, 0.3) is 5.91 Å². The Morgan fingerprint density at radius 2 is 2.25 bits per heavy atom. The lowest BCUT2D eigenvalue weighted by Gasteiger charge is -2.05. The highest BCUT2D eigenvalue weighted by Crippen LogP contribution is 2.22. The number of rotatable bonds is 6. The number of hydrogen-bond donors (Lipinski definition) is 1. The molecule has 0 radical (unpaired) electrons. The third-order valence-corrected chi connectivity index (χ3v) is 4.15. The Kier molecular flexibility index (Phi) is 6.06. The molecular weight excluding hydrogens is 286 g/mol. The largest absolute Gasteiger partial charge is 0.351 e. The lowest BCUT2D eigenvalue weighted by atomic mass is 10.1. The van der Waals surface area contributed by atoms with Gasteiger partial charge in [-0.1, -0.05) is 26.7 Å². The molecule has 1 amide bonds. The second kappa shape index (κ2) is 7.07. The summed E-state index contributed by atoms with van der Waals surface area (Å²) in [5.41, 5.74) is 0. The smallest absolute Gasteiger partial charge is 0.262 e. The summed E-state index contributed by atoms with van der Waals surface area (Å²) in [6.45, 7) is 5.22. The maximum absolute atomic E-state index is 11.7. The Labute approximate surface area is 110 Å². The lowest BCUT2D eigenvalue weighted by molar-refractivity contribution is 0.0956. The fourth-order valence-corrected chi connectivity index (χ4v) is 2.88.